The number of hydrogen-bond donors (Lipinski definition) is 3. The maximum Gasteiger partial charge on any atom is 0.238 e. The van der Waals surface area contributed by atoms with Gasteiger partial charge in [0.25, 0.3) is 0 Å². The van der Waals surface area contributed by atoms with Crippen molar-refractivity contribution in [3.8, 4) is 0 Å². The Morgan fingerprint density at radius 2 is 2.00 bits per heavy atom. The molecule has 7 heteroatoms. The van der Waals surface area contributed by atoms with Crippen LogP contribution in [0.5, 0.6) is 0 Å². The Morgan fingerprint density at radius 1 is 1.29 bits per heavy atom. The quantitative estimate of drug-likeness (QED) is 0.459. The number of hydrogen-bond acceptors (Lipinski definition) is 5. The third kappa shape index (κ3) is 7.28. The SMILES string of the molecule is COCCNC(=O)CN(C)CC(=O)Nc1cccc(N)c1. The van der Waals surface area contributed by atoms with Crippen LogP contribution in [0.3, 0.4) is 0 Å². The molecule has 0 aliphatic rings. The van der Waals surface area contributed by atoms with E-state index < -0.39 is 0 Å². The summed E-state index contributed by atoms with van der Waals surface area (Å²) in [5.41, 5.74) is 6.85. The summed E-state index contributed by atoms with van der Waals surface area (Å²) in [6.45, 7) is 1.19. The van der Waals surface area contributed by atoms with Gasteiger partial charge in [0.1, 0.15) is 0 Å². The van der Waals surface area contributed by atoms with Gasteiger partial charge < -0.3 is 21.1 Å². The van der Waals surface area contributed by atoms with Crippen molar-refractivity contribution < 1.29 is 14.3 Å². The van der Waals surface area contributed by atoms with Gasteiger partial charge in [-0.15, -0.1) is 0 Å². The number of nitrogens with one attached hydrogen (secondary N) is 2. The third-order valence-electron chi connectivity index (χ3n) is 2.63. The molecule has 1 aromatic carbocycles. The molecule has 0 bridgehead atoms. The second kappa shape index (κ2) is 8.93. The normalized spacial score (nSPS) is 10.4. The van der Waals surface area contributed by atoms with Gasteiger partial charge in [0.05, 0.1) is 19.7 Å². The van der Waals surface area contributed by atoms with Crippen LogP contribution >= 0.6 is 0 Å². The van der Waals surface area contributed by atoms with E-state index in [0.717, 1.165) is 0 Å². The molecule has 0 saturated carbocycles. The minimum atomic E-state index is -0.201. The van der Waals surface area contributed by atoms with Crippen molar-refractivity contribution in [1.29, 1.82) is 0 Å². The van der Waals surface area contributed by atoms with Crippen LogP contribution in [0.15, 0.2) is 24.3 Å². The zero-order valence-corrected chi connectivity index (χ0v) is 12.4. The lowest BCUT2D eigenvalue weighted by Gasteiger charge is -2.16. The Balaban J connectivity index is 2.32. The molecular weight excluding hydrogens is 272 g/mol. The topological polar surface area (TPSA) is 96.7 Å². The van der Waals surface area contributed by atoms with Crippen LogP contribution in [0.1, 0.15) is 0 Å². The van der Waals surface area contributed by atoms with Crippen molar-refractivity contribution in [1.82, 2.24) is 10.2 Å². The Bertz CT molecular complexity index is 479. The molecule has 1 aromatic rings. The molecule has 0 saturated heterocycles. The maximum atomic E-state index is 11.8. The van der Waals surface area contributed by atoms with E-state index in [1.165, 1.54) is 0 Å². The summed E-state index contributed by atoms with van der Waals surface area (Å²) < 4.78 is 4.84. The molecule has 0 fully saturated rings. The van der Waals surface area contributed by atoms with Gasteiger partial charge in [-0.05, 0) is 25.2 Å². The standard InChI is InChI=1S/C14H22N4O3/c1-18(9-13(19)16-6-7-21-2)10-14(20)17-12-5-3-4-11(15)8-12/h3-5,8H,6-7,9-10,15H2,1-2H3,(H,16,19)(H,17,20). The van der Waals surface area contributed by atoms with Crippen LogP contribution < -0.4 is 16.4 Å². The third-order valence-corrected chi connectivity index (χ3v) is 2.63. The summed E-state index contributed by atoms with van der Waals surface area (Å²) in [5.74, 6) is -0.348. The molecule has 21 heavy (non-hydrogen) atoms. The number of likely N-dealkylation sites (N-methyl/N-ethyl adjacent to an activating group) is 1. The van der Waals surface area contributed by atoms with Gasteiger partial charge in [-0.1, -0.05) is 6.07 Å². The molecule has 0 heterocycles. The fourth-order valence-corrected chi connectivity index (χ4v) is 1.71. The van der Waals surface area contributed by atoms with Crippen LogP contribution in [0, 0.1) is 0 Å². The minimum Gasteiger partial charge on any atom is -0.399 e. The largest absolute Gasteiger partial charge is 0.399 e. The lowest BCUT2D eigenvalue weighted by Crippen LogP contribution is -2.39. The Labute approximate surface area is 124 Å². The van der Waals surface area contributed by atoms with Gasteiger partial charge in [-0.2, -0.15) is 0 Å². The van der Waals surface area contributed by atoms with Crippen molar-refractivity contribution in [3.63, 3.8) is 0 Å². The molecule has 0 aliphatic heterocycles. The zero-order chi connectivity index (χ0) is 15.7. The highest BCUT2D eigenvalue weighted by molar-refractivity contribution is 5.93. The van der Waals surface area contributed by atoms with Gasteiger partial charge in [0.15, 0.2) is 0 Å². The second-order valence-corrected chi connectivity index (χ2v) is 4.69. The van der Waals surface area contributed by atoms with E-state index >= 15 is 0 Å². The van der Waals surface area contributed by atoms with E-state index in [1.54, 1.807) is 43.3 Å². The molecule has 0 spiro atoms. The number of benzene rings is 1. The lowest BCUT2D eigenvalue weighted by atomic mass is 10.3. The number of anilines is 2. The molecular formula is C14H22N4O3. The number of nitrogens with zero attached hydrogens (tertiary/aromatic N) is 1. The van der Waals surface area contributed by atoms with Crippen molar-refractivity contribution in [2.45, 2.75) is 0 Å². The lowest BCUT2D eigenvalue weighted by molar-refractivity contribution is -0.123. The van der Waals surface area contributed by atoms with E-state index in [4.69, 9.17) is 10.5 Å². The zero-order valence-electron chi connectivity index (χ0n) is 12.4. The summed E-state index contributed by atoms with van der Waals surface area (Å²) in [5, 5.41) is 5.42. The summed E-state index contributed by atoms with van der Waals surface area (Å²) in [6, 6.07) is 6.94. The Morgan fingerprint density at radius 3 is 2.67 bits per heavy atom. The first-order valence-electron chi connectivity index (χ1n) is 6.61. The first kappa shape index (κ1) is 16.9. The van der Waals surface area contributed by atoms with Crippen molar-refractivity contribution in [2.75, 3.05) is 51.4 Å². The van der Waals surface area contributed by atoms with Crippen molar-refractivity contribution in [2.24, 2.45) is 0 Å². The van der Waals surface area contributed by atoms with Gasteiger partial charge in [-0.25, -0.2) is 0 Å². The van der Waals surface area contributed by atoms with E-state index in [9.17, 15) is 9.59 Å². The number of nitrogen functional groups attached to an aromatic ring is 1. The minimum absolute atomic E-state index is 0.118. The fraction of sp³-hybridized carbons (Fsp3) is 0.429. The molecule has 0 unspecified atom stereocenters. The second-order valence-electron chi connectivity index (χ2n) is 4.69. The highest BCUT2D eigenvalue weighted by Gasteiger charge is 2.10. The number of nitrogens with two attached hydrogens (primary N) is 1. The number of carbonyl (C=O) groups excluding carboxylic acids is 2. The van der Waals surface area contributed by atoms with Gasteiger partial charge in [0, 0.05) is 25.0 Å². The highest BCUT2D eigenvalue weighted by atomic mass is 16.5. The molecule has 0 atom stereocenters. The summed E-state index contributed by atoms with van der Waals surface area (Å²) in [6.07, 6.45) is 0. The van der Waals surface area contributed by atoms with E-state index in [1.807, 2.05) is 0 Å². The highest BCUT2D eigenvalue weighted by Crippen LogP contribution is 2.11. The Kier molecular flexibility index (Phi) is 7.20. The van der Waals surface area contributed by atoms with Crippen molar-refractivity contribution >= 4 is 23.2 Å². The van der Waals surface area contributed by atoms with Gasteiger partial charge >= 0.3 is 0 Å². The summed E-state index contributed by atoms with van der Waals surface area (Å²) in [4.78, 5) is 25.0. The first-order valence-corrected chi connectivity index (χ1v) is 6.61. The van der Waals surface area contributed by atoms with Crippen LogP contribution in [0.4, 0.5) is 11.4 Å². The monoisotopic (exact) mass is 294 g/mol. The van der Waals surface area contributed by atoms with E-state index in [-0.39, 0.29) is 24.9 Å². The fourth-order valence-electron chi connectivity index (χ4n) is 1.71. The summed E-state index contributed by atoms with van der Waals surface area (Å²) >= 11 is 0. The molecule has 1 rings (SSSR count). The molecule has 7 nitrogen and oxygen atoms in total. The van der Waals surface area contributed by atoms with E-state index in [2.05, 4.69) is 10.6 Å². The number of amides is 2. The average Bonchev–Trinajstić information content (AvgIpc) is 2.38. The number of methoxy groups -OCH3 is 1. The molecule has 2 amide bonds. The van der Waals surface area contributed by atoms with Crippen LogP contribution in [0.2, 0.25) is 0 Å². The predicted molar refractivity (Wildman–Crippen MR) is 81.9 cm³/mol. The molecule has 0 aliphatic carbocycles. The van der Waals surface area contributed by atoms with Gasteiger partial charge in [0.2, 0.25) is 11.8 Å². The van der Waals surface area contributed by atoms with Crippen LogP contribution in [-0.2, 0) is 14.3 Å². The molecule has 116 valence electrons. The average molecular weight is 294 g/mol. The molecule has 4 N–H and O–H groups in total. The van der Waals surface area contributed by atoms with Crippen LogP contribution in [-0.4, -0.2) is 57.1 Å². The van der Waals surface area contributed by atoms with Crippen molar-refractivity contribution in [3.05, 3.63) is 24.3 Å². The molecule has 0 aromatic heterocycles. The summed E-state index contributed by atoms with van der Waals surface area (Å²) in [7, 11) is 3.27. The molecule has 0 radical (unpaired) electrons. The number of rotatable bonds is 8. The number of carbonyl (C=O) groups is 2. The van der Waals surface area contributed by atoms with Crippen LogP contribution in [0.25, 0.3) is 0 Å². The van der Waals surface area contributed by atoms with E-state index in [0.29, 0.717) is 24.5 Å². The maximum absolute atomic E-state index is 11.8. The smallest absolute Gasteiger partial charge is 0.238 e. The first-order chi connectivity index (χ1) is 10.0. The predicted octanol–water partition coefficient (Wildman–Crippen LogP) is -0.0983. The van der Waals surface area contributed by atoms with Gasteiger partial charge in [-0.3, -0.25) is 14.5 Å². The number of ether oxygens (including phenoxy) is 1. The Hall–Kier alpha value is -2.12.